The van der Waals surface area contributed by atoms with Crippen LogP contribution in [0.5, 0.6) is 5.75 Å². The summed E-state index contributed by atoms with van der Waals surface area (Å²) >= 11 is 5.24. The molecule has 1 fully saturated rings. The average molecular weight is 291 g/mol. The number of methoxy groups -OCH3 is 1. The van der Waals surface area contributed by atoms with E-state index in [2.05, 4.69) is 15.8 Å². The summed E-state index contributed by atoms with van der Waals surface area (Å²) < 4.78 is 5.11. The van der Waals surface area contributed by atoms with E-state index in [1.54, 1.807) is 7.11 Å². The minimum Gasteiger partial charge on any atom is -0.497 e. The predicted molar refractivity (Wildman–Crippen MR) is 87.5 cm³/mol. The van der Waals surface area contributed by atoms with Crippen LogP contribution in [0.2, 0.25) is 0 Å². The van der Waals surface area contributed by atoms with Gasteiger partial charge in [0.25, 0.3) is 0 Å². The van der Waals surface area contributed by atoms with Crippen molar-refractivity contribution in [2.75, 3.05) is 12.4 Å². The fraction of sp³-hybridized carbons (Fsp3) is 0.467. The first-order valence-electron chi connectivity index (χ1n) is 7.04. The molecule has 108 valence electrons. The minimum atomic E-state index is 0.520. The fourth-order valence-corrected chi connectivity index (χ4v) is 2.38. The van der Waals surface area contributed by atoms with Crippen LogP contribution in [0.4, 0.5) is 5.69 Å². The Labute approximate surface area is 125 Å². The van der Waals surface area contributed by atoms with E-state index in [0.717, 1.165) is 24.3 Å². The quantitative estimate of drug-likeness (QED) is 0.506. The first-order valence-corrected chi connectivity index (χ1v) is 7.45. The first kappa shape index (κ1) is 14.8. The molecule has 2 rings (SSSR count). The second-order valence-electron chi connectivity index (χ2n) is 4.89. The van der Waals surface area contributed by atoms with Crippen LogP contribution in [0.3, 0.4) is 0 Å². The molecule has 1 aliphatic carbocycles. The van der Waals surface area contributed by atoms with Gasteiger partial charge in [-0.05, 0) is 62.2 Å². The van der Waals surface area contributed by atoms with Gasteiger partial charge in [-0.2, -0.15) is 5.10 Å². The van der Waals surface area contributed by atoms with Crippen LogP contribution < -0.4 is 15.5 Å². The number of hydrazone groups is 1. The van der Waals surface area contributed by atoms with E-state index in [1.165, 1.54) is 31.4 Å². The van der Waals surface area contributed by atoms with Crippen LogP contribution in [-0.4, -0.2) is 17.9 Å². The maximum atomic E-state index is 5.24. The minimum absolute atomic E-state index is 0.520. The van der Waals surface area contributed by atoms with E-state index >= 15 is 0 Å². The summed E-state index contributed by atoms with van der Waals surface area (Å²) in [6.07, 6.45) is 7.26. The Kier molecular flexibility index (Phi) is 5.80. The van der Waals surface area contributed by atoms with E-state index in [1.807, 2.05) is 24.3 Å². The molecule has 1 aromatic carbocycles. The van der Waals surface area contributed by atoms with E-state index in [9.17, 15) is 0 Å². The summed E-state index contributed by atoms with van der Waals surface area (Å²) in [4.78, 5) is 0. The Morgan fingerprint density at radius 1 is 1.10 bits per heavy atom. The number of benzene rings is 1. The monoisotopic (exact) mass is 291 g/mol. The maximum Gasteiger partial charge on any atom is 0.191 e. The third-order valence-corrected chi connectivity index (χ3v) is 3.54. The maximum absolute atomic E-state index is 5.24. The highest BCUT2D eigenvalue weighted by Crippen LogP contribution is 2.15. The van der Waals surface area contributed by atoms with Crippen molar-refractivity contribution in [3.63, 3.8) is 0 Å². The molecule has 4 nitrogen and oxygen atoms in total. The van der Waals surface area contributed by atoms with Crippen molar-refractivity contribution in [3.8, 4) is 5.75 Å². The Balaban J connectivity index is 1.83. The van der Waals surface area contributed by atoms with Crippen LogP contribution in [-0.2, 0) is 0 Å². The molecule has 0 atom stereocenters. The highest BCUT2D eigenvalue weighted by molar-refractivity contribution is 7.80. The van der Waals surface area contributed by atoms with Gasteiger partial charge in [-0.1, -0.05) is 12.8 Å². The van der Waals surface area contributed by atoms with Crippen molar-refractivity contribution in [3.05, 3.63) is 24.3 Å². The standard InChI is InChI=1S/C15H21N3OS/c1-19-14-10-8-12(9-11-14)16-15(20)18-17-13-6-4-2-3-5-7-13/h8-11H,2-7H2,1H3,(H2,16,18,20). The van der Waals surface area contributed by atoms with E-state index < -0.39 is 0 Å². The topological polar surface area (TPSA) is 45.6 Å². The van der Waals surface area contributed by atoms with Gasteiger partial charge in [0.15, 0.2) is 5.11 Å². The van der Waals surface area contributed by atoms with E-state index in [-0.39, 0.29) is 0 Å². The summed E-state index contributed by atoms with van der Waals surface area (Å²) in [7, 11) is 1.65. The Hall–Kier alpha value is -1.62. The van der Waals surface area contributed by atoms with E-state index in [0.29, 0.717) is 5.11 Å². The van der Waals surface area contributed by atoms with Crippen LogP contribution in [0, 0.1) is 0 Å². The predicted octanol–water partition coefficient (Wildman–Crippen LogP) is 3.69. The molecule has 5 heteroatoms. The normalized spacial score (nSPS) is 15.2. The van der Waals surface area contributed by atoms with Crippen LogP contribution in [0.1, 0.15) is 38.5 Å². The summed E-state index contributed by atoms with van der Waals surface area (Å²) in [5, 5.41) is 8.04. The summed E-state index contributed by atoms with van der Waals surface area (Å²) in [6.45, 7) is 0. The second kappa shape index (κ2) is 7.85. The molecule has 0 amide bonds. The number of thiocarbonyl (C=S) groups is 1. The molecular weight excluding hydrogens is 270 g/mol. The Bertz CT molecular complexity index is 461. The number of hydrogen-bond donors (Lipinski definition) is 2. The third kappa shape index (κ3) is 4.81. The average Bonchev–Trinajstić information content (AvgIpc) is 2.74. The fourth-order valence-electron chi connectivity index (χ4n) is 2.21. The SMILES string of the molecule is COc1ccc(NC(=S)NN=C2CCCCCC2)cc1. The molecule has 0 saturated heterocycles. The first-order chi connectivity index (χ1) is 9.78. The second-order valence-corrected chi connectivity index (χ2v) is 5.29. The summed E-state index contributed by atoms with van der Waals surface area (Å²) in [6, 6.07) is 7.63. The zero-order valence-electron chi connectivity index (χ0n) is 11.8. The molecule has 2 N–H and O–H groups in total. The number of anilines is 1. The van der Waals surface area contributed by atoms with Crippen LogP contribution >= 0.6 is 12.2 Å². The molecule has 0 heterocycles. The van der Waals surface area contributed by atoms with Gasteiger partial charge in [0.1, 0.15) is 5.75 Å². The van der Waals surface area contributed by atoms with Gasteiger partial charge in [0.05, 0.1) is 7.11 Å². The Morgan fingerprint density at radius 3 is 2.35 bits per heavy atom. The number of nitrogens with one attached hydrogen (secondary N) is 2. The van der Waals surface area contributed by atoms with Gasteiger partial charge >= 0.3 is 0 Å². The van der Waals surface area contributed by atoms with Gasteiger partial charge in [-0.25, -0.2) is 0 Å². The van der Waals surface area contributed by atoms with Crippen LogP contribution in [0.25, 0.3) is 0 Å². The van der Waals surface area contributed by atoms with Gasteiger partial charge in [-0.3, -0.25) is 5.43 Å². The van der Waals surface area contributed by atoms with Crippen molar-refractivity contribution in [1.29, 1.82) is 0 Å². The molecular formula is C15H21N3OS. The van der Waals surface area contributed by atoms with Gasteiger partial charge in [-0.15, -0.1) is 0 Å². The summed E-state index contributed by atoms with van der Waals surface area (Å²) in [5.41, 5.74) is 5.08. The van der Waals surface area contributed by atoms with Crippen molar-refractivity contribution in [1.82, 2.24) is 5.43 Å². The number of ether oxygens (including phenoxy) is 1. The van der Waals surface area contributed by atoms with Gasteiger partial charge in [0.2, 0.25) is 0 Å². The smallest absolute Gasteiger partial charge is 0.191 e. The van der Waals surface area contributed by atoms with Crippen LogP contribution in [0.15, 0.2) is 29.4 Å². The van der Waals surface area contributed by atoms with Crippen molar-refractivity contribution in [2.45, 2.75) is 38.5 Å². The van der Waals surface area contributed by atoms with Crippen molar-refractivity contribution < 1.29 is 4.74 Å². The number of nitrogens with zero attached hydrogens (tertiary/aromatic N) is 1. The molecule has 20 heavy (non-hydrogen) atoms. The zero-order chi connectivity index (χ0) is 14.2. The lowest BCUT2D eigenvalue weighted by Gasteiger charge is -2.09. The molecule has 1 saturated carbocycles. The Morgan fingerprint density at radius 2 is 1.75 bits per heavy atom. The molecule has 0 aliphatic heterocycles. The molecule has 1 aromatic rings. The lowest BCUT2D eigenvalue weighted by atomic mass is 10.2. The zero-order valence-corrected chi connectivity index (χ0v) is 12.6. The van der Waals surface area contributed by atoms with E-state index in [4.69, 9.17) is 17.0 Å². The number of hydrogen-bond acceptors (Lipinski definition) is 3. The molecule has 0 aromatic heterocycles. The van der Waals surface area contributed by atoms with Crippen molar-refractivity contribution >= 4 is 28.7 Å². The summed E-state index contributed by atoms with van der Waals surface area (Å²) in [5.74, 6) is 0.827. The number of rotatable bonds is 3. The van der Waals surface area contributed by atoms with Crippen molar-refractivity contribution in [2.24, 2.45) is 5.10 Å². The highest BCUT2D eigenvalue weighted by atomic mass is 32.1. The van der Waals surface area contributed by atoms with Gasteiger partial charge < -0.3 is 10.1 Å². The molecule has 0 radical (unpaired) electrons. The van der Waals surface area contributed by atoms with Gasteiger partial charge in [0, 0.05) is 11.4 Å². The molecule has 1 aliphatic rings. The largest absolute Gasteiger partial charge is 0.497 e. The molecule has 0 bridgehead atoms. The lowest BCUT2D eigenvalue weighted by Crippen LogP contribution is -2.25. The molecule has 0 spiro atoms. The lowest BCUT2D eigenvalue weighted by molar-refractivity contribution is 0.415. The molecule has 0 unspecified atom stereocenters. The third-order valence-electron chi connectivity index (χ3n) is 3.34. The highest BCUT2D eigenvalue weighted by Gasteiger charge is 2.05.